The number of esters is 1. The zero-order valence-corrected chi connectivity index (χ0v) is 20.3. The first-order valence-corrected chi connectivity index (χ1v) is 11.8. The number of fused-ring (bicyclic) bond motifs is 1. The van der Waals surface area contributed by atoms with Gasteiger partial charge in [0.2, 0.25) is 6.29 Å². The van der Waals surface area contributed by atoms with E-state index in [1.807, 2.05) is 0 Å². The van der Waals surface area contributed by atoms with Gasteiger partial charge < -0.3 is 54.3 Å². The lowest BCUT2D eigenvalue weighted by Crippen LogP contribution is -2.62. The molecule has 0 bridgehead atoms. The molecule has 1 aliphatic carbocycles. The number of benzene rings is 1. The molecule has 0 unspecified atom stereocenters. The van der Waals surface area contributed by atoms with E-state index in [0.717, 1.165) is 6.26 Å². The van der Waals surface area contributed by atoms with Crippen LogP contribution in [0.4, 0.5) is 0 Å². The van der Waals surface area contributed by atoms with Crippen molar-refractivity contribution < 1.29 is 59.1 Å². The smallest absolute Gasteiger partial charge is 0.330 e. The maximum Gasteiger partial charge on any atom is 0.330 e. The molecule has 1 saturated carbocycles. The van der Waals surface area contributed by atoms with Crippen LogP contribution in [0.3, 0.4) is 0 Å². The molecular formula is C25H32O12. The molecule has 0 amide bonds. The van der Waals surface area contributed by atoms with Gasteiger partial charge in [-0.15, -0.1) is 0 Å². The number of methoxy groups -OCH3 is 1. The van der Waals surface area contributed by atoms with Crippen molar-refractivity contribution in [3.8, 4) is 5.75 Å². The van der Waals surface area contributed by atoms with Gasteiger partial charge in [0, 0.05) is 12.5 Å². The van der Waals surface area contributed by atoms with Crippen LogP contribution in [0.25, 0.3) is 6.08 Å². The molecule has 37 heavy (non-hydrogen) atoms. The molecule has 0 aromatic heterocycles. The van der Waals surface area contributed by atoms with Gasteiger partial charge in [-0.2, -0.15) is 0 Å². The summed E-state index contributed by atoms with van der Waals surface area (Å²) in [6.07, 6.45) is -5.83. The first-order chi connectivity index (χ1) is 17.5. The summed E-state index contributed by atoms with van der Waals surface area (Å²) in [6, 6.07) is 6.92. The highest BCUT2D eigenvalue weighted by Crippen LogP contribution is 2.49. The van der Waals surface area contributed by atoms with Crippen molar-refractivity contribution in [1.82, 2.24) is 0 Å². The van der Waals surface area contributed by atoms with Gasteiger partial charge in [0.05, 0.1) is 31.0 Å². The average Bonchev–Trinajstić information content (AvgIpc) is 3.06. The van der Waals surface area contributed by atoms with Gasteiger partial charge in [-0.05, 0) is 36.8 Å². The van der Waals surface area contributed by atoms with Crippen LogP contribution in [0.1, 0.15) is 18.9 Å². The lowest BCUT2D eigenvalue weighted by molar-refractivity contribution is -0.351. The quantitative estimate of drug-likeness (QED) is 0.185. The molecule has 10 atom stereocenters. The summed E-state index contributed by atoms with van der Waals surface area (Å²) >= 11 is 0. The minimum atomic E-state index is -1.87. The minimum absolute atomic E-state index is 0.167. The topological polar surface area (TPSA) is 185 Å². The molecule has 2 aliphatic heterocycles. The summed E-state index contributed by atoms with van der Waals surface area (Å²) in [5.41, 5.74) is -2.75. The number of carbonyl (C=O) groups is 1. The Kier molecular flexibility index (Phi) is 7.93. The zero-order valence-electron chi connectivity index (χ0n) is 20.3. The van der Waals surface area contributed by atoms with E-state index in [-0.39, 0.29) is 6.42 Å². The van der Waals surface area contributed by atoms with Gasteiger partial charge in [0.1, 0.15) is 42.4 Å². The summed E-state index contributed by atoms with van der Waals surface area (Å²) in [7, 11) is 1.54. The highest BCUT2D eigenvalue weighted by atomic mass is 16.8. The van der Waals surface area contributed by atoms with E-state index in [4.69, 9.17) is 23.7 Å². The number of carbonyl (C=O) groups excluding carboxylic acids is 1. The maximum absolute atomic E-state index is 12.2. The molecule has 2 heterocycles. The van der Waals surface area contributed by atoms with E-state index < -0.39 is 72.8 Å². The van der Waals surface area contributed by atoms with Crippen molar-refractivity contribution in [2.24, 2.45) is 5.92 Å². The second kappa shape index (κ2) is 10.7. The lowest BCUT2D eigenvalue weighted by atomic mass is 9.81. The number of aliphatic hydroxyl groups is 6. The molecule has 6 N–H and O–H groups in total. The molecule has 12 heteroatoms. The Morgan fingerprint density at radius 1 is 1.08 bits per heavy atom. The first-order valence-electron chi connectivity index (χ1n) is 11.8. The summed E-state index contributed by atoms with van der Waals surface area (Å²) in [6.45, 7) is 0.919. The second-order valence-electron chi connectivity index (χ2n) is 9.64. The molecular weight excluding hydrogens is 492 g/mol. The average molecular weight is 525 g/mol. The molecule has 1 aromatic carbocycles. The largest absolute Gasteiger partial charge is 0.497 e. The summed E-state index contributed by atoms with van der Waals surface area (Å²) in [4.78, 5) is 12.2. The van der Waals surface area contributed by atoms with E-state index in [0.29, 0.717) is 11.3 Å². The highest BCUT2D eigenvalue weighted by molar-refractivity contribution is 5.87. The van der Waals surface area contributed by atoms with Crippen LogP contribution in [0.2, 0.25) is 0 Å². The molecule has 1 saturated heterocycles. The van der Waals surface area contributed by atoms with E-state index in [2.05, 4.69) is 0 Å². The van der Waals surface area contributed by atoms with Gasteiger partial charge in [0.25, 0.3) is 0 Å². The predicted molar refractivity (Wildman–Crippen MR) is 124 cm³/mol. The Labute approximate surface area is 212 Å². The van der Waals surface area contributed by atoms with Crippen molar-refractivity contribution in [1.29, 1.82) is 0 Å². The SMILES string of the molecule is COc1ccc(/C=C\C(=O)OC[C@H]2O[C@@H](O[C@@H]3OC=C[C@@]4(O)[C@H](O)C[C@](C)(O)[C@@H]34)[C@H](O)[C@@H](O)[C@@H]2O)cc1. The Balaban J connectivity index is 1.39. The highest BCUT2D eigenvalue weighted by Gasteiger charge is 2.64. The summed E-state index contributed by atoms with van der Waals surface area (Å²) in [5.74, 6) is -1.25. The summed E-state index contributed by atoms with van der Waals surface area (Å²) < 4.78 is 26.9. The van der Waals surface area contributed by atoms with Crippen LogP contribution < -0.4 is 4.74 Å². The maximum atomic E-state index is 12.2. The Hall–Kier alpha value is -2.55. The van der Waals surface area contributed by atoms with E-state index in [1.165, 1.54) is 32.3 Å². The monoisotopic (exact) mass is 524 g/mol. The first kappa shape index (κ1) is 27.5. The van der Waals surface area contributed by atoms with E-state index in [1.54, 1.807) is 24.3 Å². The molecule has 2 fully saturated rings. The Morgan fingerprint density at radius 2 is 1.78 bits per heavy atom. The van der Waals surface area contributed by atoms with Crippen LogP contribution in [-0.4, -0.2) is 105 Å². The van der Waals surface area contributed by atoms with Crippen LogP contribution in [0.15, 0.2) is 42.7 Å². The molecule has 12 nitrogen and oxygen atoms in total. The van der Waals surface area contributed by atoms with Gasteiger partial charge in [0.15, 0.2) is 6.29 Å². The standard InChI is InChI=1S/C25H32O12/c1-24(31)11-16(26)25(32)9-10-34-23(21(24)25)37-22-20(30)19(29)18(28)15(36-22)12-35-17(27)8-5-13-3-6-14(33-2)7-4-13/h3-10,15-16,18-23,26,28-32H,11-12H2,1-2H3/b8-5-/t15-,16-,18-,19+,20-,21-,22+,23+,24+,25-/m1/s1. The fourth-order valence-corrected chi connectivity index (χ4v) is 4.92. The van der Waals surface area contributed by atoms with Crippen LogP contribution in [-0.2, 0) is 23.7 Å². The van der Waals surface area contributed by atoms with Crippen LogP contribution >= 0.6 is 0 Å². The molecule has 204 valence electrons. The van der Waals surface area contributed by atoms with Crippen LogP contribution in [0, 0.1) is 5.92 Å². The number of rotatable bonds is 7. The zero-order chi connectivity index (χ0) is 27.0. The summed E-state index contributed by atoms with van der Waals surface area (Å²) in [5, 5.41) is 63.1. The van der Waals surface area contributed by atoms with Gasteiger partial charge in [-0.25, -0.2) is 4.79 Å². The predicted octanol–water partition coefficient (Wildman–Crippen LogP) is -1.19. The fraction of sp³-hybridized carbons (Fsp3) is 0.560. The number of hydrogen-bond acceptors (Lipinski definition) is 12. The third-order valence-corrected chi connectivity index (χ3v) is 6.98. The molecule has 0 spiro atoms. The Bertz CT molecular complexity index is 1010. The number of hydrogen-bond donors (Lipinski definition) is 6. The van der Waals surface area contributed by atoms with Crippen molar-refractivity contribution >= 4 is 12.0 Å². The van der Waals surface area contributed by atoms with Crippen molar-refractivity contribution in [3.63, 3.8) is 0 Å². The lowest BCUT2D eigenvalue weighted by Gasteiger charge is -2.45. The normalized spacial score (nSPS) is 41.3. The third kappa shape index (κ3) is 5.52. The van der Waals surface area contributed by atoms with Gasteiger partial charge in [-0.3, -0.25) is 0 Å². The van der Waals surface area contributed by atoms with Crippen molar-refractivity contribution in [3.05, 3.63) is 48.2 Å². The number of aliphatic hydroxyl groups excluding tert-OH is 4. The van der Waals surface area contributed by atoms with Crippen molar-refractivity contribution in [2.75, 3.05) is 13.7 Å². The molecule has 4 rings (SSSR count). The second-order valence-corrected chi connectivity index (χ2v) is 9.64. The molecule has 3 aliphatic rings. The van der Waals surface area contributed by atoms with Crippen LogP contribution in [0.5, 0.6) is 5.75 Å². The molecule has 0 radical (unpaired) electrons. The Morgan fingerprint density at radius 3 is 2.46 bits per heavy atom. The van der Waals surface area contributed by atoms with Crippen molar-refractivity contribution in [2.45, 2.75) is 67.6 Å². The fourth-order valence-electron chi connectivity index (χ4n) is 4.92. The van der Waals surface area contributed by atoms with E-state index >= 15 is 0 Å². The minimum Gasteiger partial charge on any atom is -0.497 e. The van der Waals surface area contributed by atoms with Gasteiger partial charge >= 0.3 is 5.97 Å². The number of ether oxygens (including phenoxy) is 5. The third-order valence-electron chi connectivity index (χ3n) is 6.98. The van der Waals surface area contributed by atoms with E-state index in [9.17, 15) is 35.4 Å². The molecule has 1 aromatic rings. The van der Waals surface area contributed by atoms with Gasteiger partial charge in [-0.1, -0.05) is 12.1 Å².